The van der Waals surface area contributed by atoms with Crippen LogP contribution in [0.1, 0.15) is 31.7 Å². The Hall–Kier alpha value is -2.41. The number of aryl methyl sites for hydroxylation is 1. The van der Waals surface area contributed by atoms with Gasteiger partial charge in [-0.25, -0.2) is 9.37 Å². The Labute approximate surface area is 160 Å². The zero-order chi connectivity index (χ0) is 19.6. The molecule has 2 aromatic rings. The third-order valence-electron chi connectivity index (χ3n) is 3.99. The van der Waals surface area contributed by atoms with Gasteiger partial charge in [-0.2, -0.15) is 0 Å². The smallest absolute Gasteiger partial charge is 0.191 e. The van der Waals surface area contributed by atoms with Crippen LogP contribution >= 0.6 is 0 Å². The van der Waals surface area contributed by atoms with Crippen LogP contribution in [0.25, 0.3) is 5.69 Å². The van der Waals surface area contributed by atoms with Crippen LogP contribution in [0.5, 0.6) is 0 Å². The molecule has 0 aliphatic rings. The number of halogens is 1. The van der Waals surface area contributed by atoms with Gasteiger partial charge in [0.1, 0.15) is 11.6 Å². The van der Waals surface area contributed by atoms with Gasteiger partial charge in [0.2, 0.25) is 0 Å². The first kappa shape index (κ1) is 20.9. The average molecular weight is 375 g/mol. The lowest BCUT2D eigenvalue weighted by molar-refractivity contribution is 0.108. The maximum absolute atomic E-state index is 14.4. The van der Waals surface area contributed by atoms with Crippen molar-refractivity contribution >= 4 is 5.96 Å². The molecular weight excluding hydrogens is 345 g/mol. The molecule has 0 unspecified atom stereocenters. The third-order valence-corrected chi connectivity index (χ3v) is 3.99. The minimum absolute atomic E-state index is 0.277. The maximum Gasteiger partial charge on any atom is 0.191 e. The molecule has 0 atom stereocenters. The van der Waals surface area contributed by atoms with E-state index in [4.69, 9.17) is 4.74 Å². The Kier molecular flexibility index (Phi) is 8.26. The van der Waals surface area contributed by atoms with Crippen molar-refractivity contribution in [1.29, 1.82) is 0 Å². The highest BCUT2D eigenvalue weighted by Gasteiger charge is 2.08. The van der Waals surface area contributed by atoms with Gasteiger partial charge >= 0.3 is 0 Å². The second kappa shape index (κ2) is 10.7. The van der Waals surface area contributed by atoms with Gasteiger partial charge in [-0.3, -0.25) is 4.99 Å². The average Bonchev–Trinajstić information content (AvgIpc) is 3.06. The van der Waals surface area contributed by atoms with E-state index in [0.29, 0.717) is 24.1 Å². The van der Waals surface area contributed by atoms with Crippen molar-refractivity contribution in [3.8, 4) is 5.69 Å². The SMILES string of the molecule is CN=C(NCCCOCC(C)C)NCc1ccc(-n2ccnc2C)c(F)c1. The Bertz CT molecular complexity index is 742. The Morgan fingerprint density at radius 1 is 1.33 bits per heavy atom. The molecule has 0 bridgehead atoms. The number of ether oxygens (including phenoxy) is 1. The molecule has 148 valence electrons. The number of imidazole rings is 1. The zero-order valence-electron chi connectivity index (χ0n) is 16.6. The molecule has 0 radical (unpaired) electrons. The summed E-state index contributed by atoms with van der Waals surface area (Å²) in [5.74, 6) is 1.72. The minimum Gasteiger partial charge on any atom is -0.381 e. The second-order valence-corrected chi connectivity index (χ2v) is 6.81. The molecule has 27 heavy (non-hydrogen) atoms. The molecule has 2 N–H and O–H groups in total. The van der Waals surface area contributed by atoms with Crippen LogP contribution in [0, 0.1) is 18.7 Å². The fourth-order valence-corrected chi connectivity index (χ4v) is 2.59. The summed E-state index contributed by atoms with van der Waals surface area (Å²) >= 11 is 0. The molecule has 6 nitrogen and oxygen atoms in total. The summed E-state index contributed by atoms with van der Waals surface area (Å²) in [6.07, 6.45) is 4.32. The highest BCUT2D eigenvalue weighted by Crippen LogP contribution is 2.16. The van der Waals surface area contributed by atoms with Crippen LogP contribution in [0.2, 0.25) is 0 Å². The van der Waals surface area contributed by atoms with Crippen LogP contribution < -0.4 is 10.6 Å². The van der Waals surface area contributed by atoms with Crippen molar-refractivity contribution in [1.82, 2.24) is 20.2 Å². The first-order chi connectivity index (χ1) is 13.0. The molecule has 0 spiro atoms. The number of rotatable bonds is 9. The lowest BCUT2D eigenvalue weighted by Crippen LogP contribution is -2.37. The van der Waals surface area contributed by atoms with E-state index < -0.39 is 0 Å². The summed E-state index contributed by atoms with van der Waals surface area (Å²) in [6.45, 7) is 8.88. The number of aromatic nitrogens is 2. The van der Waals surface area contributed by atoms with Crippen LogP contribution in [0.3, 0.4) is 0 Å². The number of nitrogens with zero attached hydrogens (tertiary/aromatic N) is 3. The second-order valence-electron chi connectivity index (χ2n) is 6.81. The summed E-state index contributed by atoms with van der Waals surface area (Å²) in [5, 5.41) is 6.44. The van der Waals surface area contributed by atoms with Crippen molar-refractivity contribution in [2.45, 2.75) is 33.7 Å². The van der Waals surface area contributed by atoms with E-state index in [-0.39, 0.29) is 5.82 Å². The third kappa shape index (κ3) is 6.67. The van der Waals surface area contributed by atoms with Gasteiger partial charge in [0.25, 0.3) is 0 Å². The number of hydrogen-bond donors (Lipinski definition) is 2. The Morgan fingerprint density at radius 3 is 2.78 bits per heavy atom. The standard InChI is InChI=1S/C20H30FN5O/c1-15(2)14-27-11-5-8-24-20(22-4)25-13-17-6-7-19(18(21)12-17)26-10-9-23-16(26)3/h6-7,9-10,12,15H,5,8,11,13-14H2,1-4H3,(H2,22,24,25). The van der Waals surface area contributed by atoms with E-state index in [9.17, 15) is 4.39 Å². The fraction of sp³-hybridized carbons (Fsp3) is 0.500. The van der Waals surface area contributed by atoms with E-state index in [1.165, 1.54) is 6.07 Å². The predicted molar refractivity (Wildman–Crippen MR) is 107 cm³/mol. The van der Waals surface area contributed by atoms with E-state index in [1.807, 2.05) is 13.0 Å². The molecule has 1 aromatic heterocycles. The molecule has 0 saturated carbocycles. The molecule has 7 heteroatoms. The van der Waals surface area contributed by atoms with Gasteiger partial charge < -0.3 is 19.9 Å². The van der Waals surface area contributed by atoms with E-state index in [2.05, 4.69) is 34.5 Å². The molecule has 1 heterocycles. The normalized spacial score (nSPS) is 11.9. The Morgan fingerprint density at radius 2 is 2.15 bits per heavy atom. The van der Waals surface area contributed by atoms with Crippen molar-refractivity contribution < 1.29 is 9.13 Å². The number of guanidine groups is 1. The van der Waals surface area contributed by atoms with Crippen LogP contribution in [0.15, 0.2) is 35.6 Å². The molecule has 0 fully saturated rings. The van der Waals surface area contributed by atoms with Gasteiger partial charge in [0.15, 0.2) is 5.96 Å². The number of benzene rings is 1. The van der Waals surface area contributed by atoms with Crippen molar-refractivity contribution in [2.75, 3.05) is 26.8 Å². The summed E-state index contributed by atoms with van der Waals surface area (Å²) in [6, 6.07) is 5.20. The topological polar surface area (TPSA) is 63.5 Å². The van der Waals surface area contributed by atoms with Crippen LogP contribution in [-0.2, 0) is 11.3 Å². The maximum atomic E-state index is 14.4. The van der Waals surface area contributed by atoms with Gasteiger partial charge in [0.05, 0.1) is 5.69 Å². The summed E-state index contributed by atoms with van der Waals surface area (Å²) in [7, 11) is 1.72. The van der Waals surface area contributed by atoms with Gasteiger partial charge in [-0.05, 0) is 37.0 Å². The molecular formula is C20H30FN5O. The minimum atomic E-state index is -0.277. The zero-order valence-corrected chi connectivity index (χ0v) is 16.6. The number of nitrogens with one attached hydrogen (secondary N) is 2. The van der Waals surface area contributed by atoms with Crippen molar-refractivity contribution in [2.24, 2.45) is 10.9 Å². The number of aliphatic imine (C=N–C) groups is 1. The summed E-state index contributed by atoms with van der Waals surface area (Å²) < 4.78 is 21.7. The molecule has 0 aliphatic heterocycles. The van der Waals surface area contributed by atoms with E-state index >= 15 is 0 Å². The molecule has 0 amide bonds. The monoisotopic (exact) mass is 375 g/mol. The quantitative estimate of drug-likeness (QED) is 0.402. The predicted octanol–water partition coefficient (Wildman–Crippen LogP) is 3.05. The summed E-state index contributed by atoms with van der Waals surface area (Å²) in [5.41, 5.74) is 1.34. The summed E-state index contributed by atoms with van der Waals surface area (Å²) in [4.78, 5) is 8.32. The molecule has 0 saturated heterocycles. The van der Waals surface area contributed by atoms with E-state index in [0.717, 1.165) is 37.6 Å². The molecule has 2 rings (SSSR count). The first-order valence-electron chi connectivity index (χ1n) is 9.32. The first-order valence-corrected chi connectivity index (χ1v) is 9.32. The van der Waals surface area contributed by atoms with Gasteiger partial charge in [0, 0.05) is 45.7 Å². The van der Waals surface area contributed by atoms with Crippen LogP contribution in [0.4, 0.5) is 4.39 Å². The van der Waals surface area contributed by atoms with Crippen molar-refractivity contribution in [3.63, 3.8) is 0 Å². The lowest BCUT2D eigenvalue weighted by atomic mass is 10.2. The van der Waals surface area contributed by atoms with E-state index in [1.54, 1.807) is 30.1 Å². The molecule has 1 aromatic carbocycles. The Balaban J connectivity index is 1.79. The largest absolute Gasteiger partial charge is 0.381 e. The van der Waals surface area contributed by atoms with Gasteiger partial charge in [-0.1, -0.05) is 19.9 Å². The fourth-order valence-electron chi connectivity index (χ4n) is 2.59. The molecule has 0 aliphatic carbocycles. The highest BCUT2D eigenvalue weighted by atomic mass is 19.1. The van der Waals surface area contributed by atoms with Crippen molar-refractivity contribution in [3.05, 3.63) is 47.8 Å². The number of hydrogen-bond acceptors (Lipinski definition) is 3. The van der Waals surface area contributed by atoms with Gasteiger partial charge in [-0.15, -0.1) is 0 Å². The van der Waals surface area contributed by atoms with Crippen LogP contribution in [-0.4, -0.2) is 42.3 Å². The lowest BCUT2D eigenvalue weighted by Gasteiger charge is -2.13. The highest BCUT2D eigenvalue weighted by molar-refractivity contribution is 5.79.